The van der Waals surface area contributed by atoms with Crippen LogP contribution in [0, 0.1) is 6.92 Å². The fourth-order valence-electron chi connectivity index (χ4n) is 2.45. The van der Waals surface area contributed by atoms with Crippen molar-refractivity contribution in [1.82, 2.24) is 0 Å². The van der Waals surface area contributed by atoms with E-state index in [1.807, 2.05) is 6.07 Å². The molecular formula is C13H15BrO. The van der Waals surface area contributed by atoms with Gasteiger partial charge in [-0.3, -0.25) is 0 Å². The number of aryl methyl sites for hydroxylation is 1. The summed E-state index contributed by atoms with van der Waals surface area (Å²) in [4.78, 5) is 0. The van der Waals surface area contributed by atoms with Gasteiger partial charge < -0.3 is 5.11 Å². The molecule has 0 fully saturated rings. The van der Waals surface area contributed by atoms with E-state index in [1.54, 1.807) is 6.08 Å². The van der Waals surface area contributed by atoms with Gasteiger partial charge in [0.15, 0.2) is 0 Å². The molecule has 0 saturated carbocycles. The highest BCUT2D eigenvalue weighted by Crippen LogP contribution is 2.44. The van der Waals surface area contributed by atoms with Crippen LogP contribution in [0.4, 0.5) is 0 Å². The Morgan fingerprint density at radius 1 is 1.60 bits per heavy atom. The normalized spacial score (nSPS) is 23.9. The van der Waals surface area contributed by atoms with E-state index in [9.17, 15) is 5.11 Å². The maximum absolute atomic E-state index is 10.5. The molecule has 0 bridgehead atoms. The van der Waals surface area contributed by atoms with E-state index in [2.05, 4.69) is 35.5 Å². The van der Waals surface area contributed by atoms with Gasteiger partial charge in [0.25, 0.3) is 0 Å². The van der Waals surface area contributed by atoms with E-state index < -0.39 is 5.60 Å². The van der Waals surface area contributed by atoms with Gasteiger partial charge in [-0.1, -0.05) is 28.1 Å². The van der Waals surface area contributed by atoms with Crippen LogP contribution in [-0.2, 0) is 12.0 Å². The molecule has 0 aromatic heterocycles. The third kappa shape index (κ3) is 1.66. The van der Waals surface area contributed by atoms with Crippen molar-refractivity contribution in [2.45, 2.75) is 31.8 Å². The summed E-state index contributed by atoms with van der Waals surface area (Å²) in [5.41, 5.74) is 2.94. The lowest BCUT2D eigenvalue weighted by Crippen LogP contribution is -2.21. The molecule has 15 heavy (non-hydrogen) atoms. The van der Waals surface area contributed by atoms with Crippen LogP contribution in [0.15, 0.2) is 29.3 Å². The first kappa shape index (κ1) is 10.9. The minimum absolute atomic E-state index is 0.627. The summed E-state index contributed by atoms with van der Waals surface area (Å²) in [7, 11) is 0. The van der Waals surface area contributed by atoms with E-state index in [0.29, 0.717) is 6.42 Å². The third-order valence-corrected chi connectivity index (χ3v) is 3.89. The van der Waals surface area contributed by atoms with Gasteiger partial charge in [-0.15, -0.1) is 6.58 Å². The smallest absolute Gasteiger partial charge is 0.0947 e. The zero-order valence-corrected chi connectivity index (χ0v) is 10.5. The molecule has 0 spiro atoms. The lowest BCUT2D eigenvalue weighted by Gasteiger charge is -2.23. The SMILES string of the molecule is C=CCC1(O)CCc2c(C)ccc(Br)c21. The molecule has 2 heteroatoms. The lowest BCUT2D eigenvalue weighted by atomic mass is 9.91. The molecule has 1 aliphatic carbocycles. The quantitative estimate of drug-likeness (QED) is 0.813. The summed E-state index contributed by atoms with van der Waals surface area (Å²) < 4.78 is 1.02. The number of halogens is 1. The molecule has 1 aliphatic rings. The molecule has 2 rings (SSSR count). The summed E-state index contributed by atoms with van der Waals surface area (Å²) >= 11 is 3.53. The topological polar surface area (TPSA) is 20.2 Å². The maximum Gasteiger partial charge on any atom is 0.0947 e. The summed E-state index contributed by atoms with van der Waals surface area (Å²) in [5.74, 6) is 0. The summed E-state index contributed by atoms with van der Waals surface area (Å²) in [6.07, 6.45) is 4.19. The standard InChI is InChI=1S/C13H15BrO/c1-3-7-13(15)8-6-10-9(2)4-5-11(14)12(10)13/h3-5,15H,1,6-8H2,2H3. The van der Waals surface area contributed by atoms with Crippen molar-refractivity contribution in [3.8, 4) is 0 Å². The Hall–Kier alpha value is -0.600. The zero-order chi connectivity index (χ0) is 11.1. The van der Waals surface area contributed by atoms with Gasteiger partial charge in [-0.25, -0.2) is 0 Å². The van der Waals surface area contributed by atoms with Gasteiger partial charge in [0.2, 0.25) is 0 Å². The number of rotatable bonds is 2. The molecule has 80 valence electrons. The monoisotopic (exact) mass is 266 g/mol. The molecule has 1 nitrogen and oxygen atoms in total. The first-order valence-corrected chi connectivity index (χ1v) is 5.99. The highest BCUT2D eigenvalue weighted by molar-refractivity contribution is 9.10. The Morgan fingerprint density at radius 3 is 3.00 bits per heavy atom. The Balaban J connectivity index is 2.58. The average Bonchev–Trinajstić information content (AvgIpc) is 2.52. The molecule has 0 amide bonds. The van der Waals surface area contributed by atoms with Crippen LogP contribution in [-0.4, -0.2) is 5.11 Å². The maximum atomic E-state index is 10.5. The van der Waals surface area contributed by atoms with Gasteiger partial charge in [0.05, 0.1) is 5.60 Å². The fraction of sp³-hybridized carbons (Fsp3) is 0.385. The second kappa shape index (κ2) is 3.76. The molecular weight excluding hydrogens is 252 g/mol. The van der Waals surface area contributed by atoms with Crippen LogP contribution in [0.1, 0.15) is 29.5 Å². The van der Waals surface area contributed by atoms with Crippen LogP contribution < -0.4 is 0 Å². The van der Waals surface area contributed by atoms with E-state index in [4.69, 9.17) is 0 Å². The minimum Gasteiger partial charge on any atom is -0.385 e. The van der Waals surface area contributed by atoms with Crippen molar-refractivity contribution in [2.24, 2.45) is 0 Å². The fourth-order valence-corrected chi connectivity index (χ4v) is 3.19. The molecule has 1 atom stereocenters. The number of hydrogen-bond donors (Lipinski definition) is 1. The highest BCUT2D eigenvalue weighted by Gasteiger charge is 2.37. The lowest BCUT2D eigenvalue weighted by molar-refractivity contribution is 0.0412. The Kier molecular flexibility index (Phi) is 2.73. The number of aliphatic hydroxyl groups is 1. The molecule has 0 saturated heterocycles. The number of benzene rings is 1. The van der Waals surface area contributed by atoms with Crippen molar-refractivity contribution in [3.05, 3.63) is 46.0 Å². The van der Waals surface area contributed by atoms with Crippen molar-refractivity contribution in [3.63, 3.8) is 0 Å². The van der Waals surface area contributed by atoms with E-state index in [0.717, 1.165) is 22.9 Å². The van der Waals surface area contributed by atoms with Gasteiger partial charge in [0, 0.05) is 10.0 Å². The molecule has 0 heterocycles. The van der Waals surface area contributed by atoms with Crippen molar-refractivity contribution >= 4 is 15.9 Å². The summed E-state index contributed by atoms with van der Waals surface area (Å²) in [6.45, 7) is 5.82. The summed E-state index contributed by atoms with van der Waals surface area (Å²) in [6, 6.07) is 4.12. The van der Waals surface area contributed by atoms with Gasteiger partial charge in [-0.05, 0) is 43.4 Å². The van der Waals surface area contributed by atoms with Crippen LogP contribution in [0.5, 0.6) is 0 Å². The zero-order valence-electron chi connectivity index (χ0n) is 8.89. The van der Waals surface area contributed by atoms with E-state index in [1.165, 1.54) is 11.1 Å². The molecule has 1 aromatic rings. The van der Waals surface area contributed by atoms with E-state index in [-0.39, 0.29) is 0 Å². The number of fused-ring (bicyclic) bond motifs is 1. The first-order valence-electron chi connectivity index (χ1n) is 5.20. The Morgan fingerprint density at radius 2 is 2.33 bits per heavy atom. The van der Waals surface area contributed by atoms with Crippen LogP contribution in [0.2, 0.25) is 0 Å². The molecule has 1 aromatic carbocycles. The Bertz CT molecular complexity index is 411. The molecule has 1 unspecified atom stereocenters. The van der Waals surface area contributed by atoms with Crippen molar-refractivity contribution in [2.75, 3.05) is 0 Å². The summed E-state index contributed by atoms with van der Waals surface area (Å²) in [5, 5.41) is 10.5. The highest BCUT2D eigenvalue weighted by atomic mass is 79.9. The van der Waals surface area contributed by atoms with Gasteiger partial charge >= 0.3 is 0 Å². The number of hydrogen-bond acceptors (Lipinski definition) is 1. The van der Waals surface area contributed by atoms with Crippen LogP contribution >= 0.6 is 15.9 Å². The van der Waals surface area contributed by atoms with Crippen molar-refractivity contribution in [1.29, 1.82) is 0 Å². The van der Waals surface area contributed by atoms with E-state index >= 15 is 0 Å². The second-order valence-corrected chi connectivity index (χ2v) is 5.10. The largest absolute Gasteiger partial charge is 0.385 e. The predicted molar refractivity (Wildman–Crippen MR) is 65.9 cm³/mol. The average molecular weight is 267 g/mol. The molecule has 0 radical (unpaired) electrons. The third-order valence-electron chi connectivity index (χ3n) is 3.23. The minimum atomic E-state index is -0.706. The van der Waals surface area contributed by atoms with Gasteiger partial charge in [-0.2, -0.15) is 0 Å². The van der Waals surface area contributed by atoms with Crippen LogP contribution in [0.25, 0.3) is 0 Å². The second-order valence-electron chi connectivity index (χ2n) is 4.24. The molecule has 0 aliphatic heterocycles. The Labute approximate surface area is 99.0 Å². The molecule has 1 N–H and O–H groups in total. The van der Waals surface area contributed by atoms with Crippen LogP contribution in [0.3, 0.4) is 0 Å². The van der Waals surface area contributed by atoms with Crippen molar-refractivity contribution < 1.29 is 5.11 Å². The van der Waals surface area contributed by atoms with Gasteiger partial charge in [0.1, 0.15) is 0 Å². The predicted octanol–water partition coefficient (Wildman–Crippen LogP) is 3.47. The first-order chi connectivity index (χ1) is 7.08.